The van der Waals surface area contributed by atoms with Crippen molar-refractivity contribution < 1.29 is 14.3 Å². The molecule has 1 aliphatic rings. The molecule has 0 atom stereocenters. The number of nitrogens with zero attached hydrogens (tertiary/aromatic N) is 1. The zero-order valence-electron chi connectivity index (χ0n) is 11.2. The molecule has 0 aliphatic heterocycles. The molecule has 1 amide bonds. The molecule has 5 heteroatoms. The summed E-state index contributed by atoms with van der Waals surface area (Å²) in [6, 6.07) is 5.91. The van der Waals surface area contributed by atoms with Crippen molar-refractivity contribution in [3.05, 3.63) is 30.1 Å². The number of rotatable bonds is 8. The van der Waals surface area contributed by atoms with Crippen molar-refractivity contribution in [3.8, 4) is 0 Å². The van der Waals surface area contributed by atoms with Crippen LogP contribution in [0.5, 0.6) is 0 Å². The van der Waals surface area contributed by atoms with E-state index < -0.39 is 0 Å². The third-order valence-corrected chi connectivity index (χ3v) is 3.35. The lowest BCUT2D eigenvalue weighted by Crippen LogP contribution is -2.35. The van der Waals surface area contributed by atoms with Crippen molar-refractivity contribution in [2.75, 3.05) is 33.5 Å². The number of methoxy groups -OCH3 is 1. The average molecular weight is 264 g/mol. The van der Waals surface area contributed by atoms with Crippen molar-refractivity contribution in [1.29, 1.82) is 0 Å². The summed E-state index contributed by atoms with van der Waals surface area (Å²) < 4.78 is 10.0. The van der Waals surface area contributed by atoms with Gasteiger partial charge in [-0.1, -0.05) is 6.07 Å². The van der Waals surface area contributed by atoms with E-state index in [9.17, 15) is 4.79 Å². The molecule has 0 saturated heterocycles. The Hall–Kier alpha value is -1.46. The van der Waals surface area contributed by atoms with Crippen molar-refractivity contribution in [1.82, 2.24) is 10.3 Å². The standard InChI is InChI=1S/C14H20N2O3/c1-18-8-9-19-10-13(17)16-11-14(5-6-14)12-4-2-3-7-15-12/h2-4,7H,5-6,8-11H2,1H3,(H,16,17). The number of nitrogens with one attached hydrogen (secondary N) is 1. The maximum absolute atomic E-state index is 11.6. The maximum atomic E-state index is 11.6. The van der Waals surface area contributed by atoms with Gasteiger partial charge in [0.05, 0.1) is 13.2 Å². The van der Waals surface area contributed by atoms with Crippen molar-refractivity contribution in [3.63, 3.8) is 0 Å². The van der Waals surface area contributed by atoms with Crippen LogP contribution in [-0.2, 0) is 19.7 Å². The fourth-order valence-corrected chi connectivity index (χ4v) is 1.98. The molecule has 1 heterocycles. The summed E-state index contributed by atoms with van der Waals surface area (Å²) in [5, 5.41) is 2.92. The predicted octanol–water partition coefficient (Wildman–Crippen LogP) is 0.892. The van der Waals surface area contributed by atoms with Gasteiger partial charge in [0.15, 0.2) is 0 Å². The van der Waals surface area contributed by atoms with E-state index in [-0.39, 0.29) is 17.9 Å². The summed E-state index contributed by atoms with van der Waals surface area (Å²) >= 11 is 0. The van der Waals surface area contributed by atoms with Gasteiger partial charge in [-0.3, -0.25) is 9.78 Å². The predicted molar refractivity (Wildman–Crippen MR) is 70.9 cm³/mol. The van der Waals surface area contributed by atoms with Gasteiger partial charge in [-0.05, 0) is 25.0 Å². The zero-order chi connectivity index (χ0) is 13.6. The van der Waals surface area contributed by atoms with Gasteiger partial charge < -0.3 is 14.8 Å². The van der Waals surface area contributed by atoms with E-state index in [0.717, 1.165) is 18.5 Å². The fourth-order valence-electron chi connectivity index (χ4n) is 1.98. The van der Waals surface area contributed by atoms with Crippen LogP contribution in [0.25, 0.3) is 0 Å². The molecule has 0 radical (unpaired) electrons. The van der Waals surface area contributed by atoms with Gasteiger partial charge in [-0.25, -0.2) is 0 Å². The Kier molecular flexibility index (Phi) is 4.87. The molecule has 0 unspecified atom stereocenters. The summed E-state index contributed by atoms with van der Waals surface area (Å²) in [6.45, 7) is 1.67. The van der Waals surface area contributed by atoms with Gasteiger partial charge in [-0.2, -0.15) is 0 Å². The molecule has 1 aliphatic carbocycles. The Morgan fingerprint density at radius 2 is 2.26 bits per heavy atom. The normalized spacial score (nSPS) is 16.1. The third-order valence-electron chi connectivity index (χ3n) is 3.35. The van der Waals surface area contributed by atoms with Crippen LogP contribution in [0.15, 0.2) is 24.4 Å². The maximum Gasteiger partial charge on any atom is 0.246 e. The molecule has 0 aromatic carbocycles. The lowest BCUT2D eigenvalue weighted by Gasteiger charge is -2.15. The third kappa shape index (κ3) is 4.01. The Labute approximate surface area is 113 Å². The Balaban J connectivity index is 1.72. The van der Waals surface area contributed by atoms with Gasteiger partial charge in [0.1, 0.15) is 6.61 Å². The first kappa shape index (κ1) is 14.0. The Bertz CT molecular complexity index is 404. The van der Waals surface area contributed by atoms with Gasteiger partial charge in [-0.15, -0.1) is 0 Å². The van der Waals surface area contributed by atoms with Crippen LogP contribution < -0.4 is 5.32 Å². The van der Waals surface area contributed by atoms with Gasteiger partial charge in [0.25, 0.3) is 0 Å². The molecule has 1 fully saturated rings. The van der Waals surface area contributed by atoms with Crippen molar-refractivity contribution in [2.24, 2.45) is 0 Å². The highest BCUT2D eigenvalue weighted by atomic mass is 16.5. The number of ether oxygens (including phenoxy) is 2. The molecule has 1 aromatic heterocycles. The van der Waals surface area contributed by atoms with E-state index >= 15 is 0 Å². The van der Waals surface area contributed by atoms with Crippen LogP contribution in [0.2, 0.25) is 0 Å². The number of amides is 1. The quantitative estimate of drug-likeness (QED) is 0.708. The molecule has 1 N–H and O–H groups in total. The SMILES string of the molecule is COCCOCC(=O)NCC1(c2ccccn2)CC1. The summed E-state index contributed by atoms with van der Waals surface area (Å²) in [4.78, 5) is 16.0. The molecule has 1 saturated carbocycles. The summed E-state index contributed by atoms with van der Waals surface area (Å²) in [7, 11) is 1.60. The van der Waals surface area contributed by atoms with E-state index in [1.54, 1.807) is 13.3 Å². The highest BCUT2D eigenvalue weighted by Gasteiger charge is 2.45. The second-order valence-electron chi connectivity index (χ2n) is 4.82. The van der Waals surface area contributed by atoms with Gasteiger partial charge in [0, 0.05) is 31.0 Å². The van der Waals surface area contributed by atoms with E-state index in [0.29, 0.717) is 19.8 Å². The molecule has 104 valence electrons. The van der Waals surface area contributed by atoms with Crippen LogP contribution in [0.1, 0.15) is 18.5 Å². The second kappa shape index (κ2) is 6.63. The average Bonchev–Trinajstić information content (AvgIpc) is 3.24. The first-order valence-corrected chi connectivity index (χ1v) is 6.52. The van der Waals surface area contributed by atoms with E-state index in [1.165, 1.54) is 0 Å². The number of pyridine rings is 1. The highest BCUT2D eigenvalue weighted by Crippen LogP contribution is 2.46. The first-order chi connectivity index (χ1) is 9.27. The number of hydrogen-bond donors (Lipinski definition) is 1. The topological polar surface area (TPSA) is 60.5 Å². The molecule has 0 spiro atoms. The Morgan fingerprint density at radius 3 is 2.89 bits per heavy atom. The number of carbonyl (C=O) groups is 1. The van der Waals surface area contributed by atoms with Crippen LogP contribution in [0.3, 0.4) is 0 Å². The van der Waals surface area contributed by atoms with Crippen LogP contribution in [0.4, 0.5) is 0 Å². The van der Waals surface area contributed by atoms with Gasteiger partial charge >= 0.3 is 0 Å². The summed E-state index contributed by atoms with van der Waals surface area (Å²) in [5.41, 5.74) is 1.11. The molecule has 19 heavy (non-hydrogen) atoms. The molecular formula is C14H20N2O3. The molecular weight excluding hydrogens is 244 g/mol. The van der Waals surface area contributed by atoms with Crippen LogP contribution >= 0.6 is 0 Å². The first-order valence-electron chi connectivity index (χ1n) is 6.52. The minimum Gasteiger partial charge on any atom is -0.382 e. The lowest BCUT2D eigenvalue weighted by molar-refractivity contribution is -0.126. The Morgan fingerprint density at radius 1 is 1.42 bits per heavy atom. The highest BCUT2D eigenvalue weighted by molar-refractivity contribution is 5.77. The fraction of sp³-hybridized carbons (Fsp3) is 0.571. The number of hydrogen-bond acceptors (Lipinski definition) is 4. The minimum absolute atomic E-state index is 0.0451. The zero-order valence-corrected chi connectivity index (χ0v) is 11.2. The molecule has 0 bridgehead atoms. The largest absolute Gasteiger partial charge is 0.382 e. The smallest absolute Gasteiger partial charge is 0.246 e. The summed E-state index contributed by atoms with van der Waals surface area (Å²) in [5.74, 6) is -0.0849. The molecule has 5 nitrogen and oxygen atoms in total. The lowest BCUT2D eigenvalue weighted by atomic mass is 10.0. The van der Waals surface area contributed by atoms with Crippen LogP contribution in [-0.4, -0.2) is 44.4 Å². The molecule has 1 aromatic rings. The van der Waals surface area contributed by atoms with E-state index in [1.807, 2.05) is 18.2 Å². The number of carbonyl (C=O) groups excluding carboxylic acids is 1. The van der Waals surface area contributed by atoms with Crippen LogP contribution in [0, 0.1) is 0 Å². The van der Waals surface area contributed by atoms with E-state index in [2.05, 4.69) is 10.3 Å². The second-order valence-corrected chi connectivity index (χ2v) is 4.82. The number of aromatic nitrogens is 1. The monoisotopic (exact) mass is 264 g/mol. The molecule has 2 rings (SSSR count). The van der Waals surface area contributed by atoms with E-state index in [4.69, 9.17) is 9.47 Å². The summed E-state index contributed by atoms with van der Waals surface area (Å²) in [6.07, 6.45) is 3.95. The van der Waals surface area contributed by atoms with Crippen molar-refractivity contribution in [2.45, 2.75) is 18.3 Å². The minimum atomic E-state index is -0.0849. The van der Waals surface area contributed by atoms with Gasteiger partial charge in [0.2, 0.25) is 5.91 Å². The van der Waals surface area contributed by atoms with Crippen molar-refractivity contribution >= 4 is 5.91 Å².